The molecule has 1 saturated carbocycles. The molecule has 118 valence electrons. The quantitative estimate of drug-likeness (QED) is 0.625. The number of hydrogen-bond acceptors (Lipinski definition) is 3. The summed E-state index contributed by atoms with van der Waals surface area (Å²) in [5, 5.41) is 8.00. The van der Waals surface area contributed by atoms with E-state index in [4.69, 9.17) is 4.99 Å². The Kier molecular flexibility index (Phi) is 5.62. The lowest BCUT2D eigenvalue weighted by Crippen LogP contribution is -2.46. The van der Waals surface area contributed by atoms with Crippen molar-refractivity contribution in [2.45, 2.75) is 59.9 Å². The summed E-state index contributed by atoms with van der Waals surface area (Å²) in [6.45, 7) is 11.2. The molecule has 0 aromatic carbocycles. The fourth-order valence-corrected chi connectivity index (χ4v) is 3.68. The van der Waals surface area contributed by atoms with Crippen molar-refractivity contribution in [1.29, 1.82) is 0 Å². The highest BCUT2D eigenvalue weighted by molar-refractivity contribution is 7.11. The molecule has 0 amide bonds. The molecule has 2 rings (SSSR count). The van der Waals surface area contributed by atoms with Crippen molar-refractivity contribution in [2.75, 3.05) is 13.1 Å². The van der Waals surface area contributed by atoms with Crippen molar-refractivity contribution >= 4 is 17.3 Å². The monoisotopic (exact) mass is 308 g/mol. The second-order valence-corrected chi connectivity index (χ2v) is 7.29. The minimum absolute atomic E-state index is 0.507. The van der Waals surface area contributed by atoms with E-state index >= 15 is 0 Å². The first kappa shape index (κ1) is 16.3. The van der Waals surface area contributed by atoms with Gasteiger partial charge in [0, 0.05) is 18.0 Å². The number of guanidine groups is 1. The molecule has 0 radical (unpaired) electrons. The van der Waals surface area contributed by atoms with Gasteiger partial charge in [0.25, 0.3) is 0 Å². The van der Waals surface area contributed by atoms with Crippen LogP contribution in [-0.2, 0) is 6.54 Å². The third kappa shape index (κ3) is 4.19. The fourth-order valence-electron chi connectivity index (χ4n) is 2.82. The van der Waals surface area contributed by atoms with E-state index in [0.29, 0.717) is 12.0 Å². The summed E-state index contributed by atoms with van der Waals surface area (Å²) in [4.78, 5) is 10.4. The molecule has 1 aromatic rings. The van der Waals surface area contributed by atoms with E-state index < -0.39 is 0 Å². The van der Waals surface area contributed by atoms with Crippen LogP contribution >= 0.6 is 11.3 Å². The largest absolute Gasteiger partial charge is 0.357 e. The molecule has 1 aromatic heterocycles. The summed E-state index contributed by atoms with van der Waals surface area (Å²) in [5.41, 5.74) is 1.62. The number of aliphatic imine (C=N–C) groups is 1. The smallest absolute Gasteiger partial charge is 0.191 e. The second-order valence-electron chi connectivity index (χ2n) is 6.00. The number of rotatable bonds is 6. The summed E-state index contributed by atoms with van der Waals surface area (Å²) in [6, 6.07) is 0. The van der Waals surface area contributed by atoms with Gasteiger partial charge in [-0.2, -0.15) is 0 Å². The van der Waals surface area contributed by atoms with Crippen LogP contribution in [0.15, 0.2) is 4.99 Å². The molecule has 0 aliphatic heterocycles. The molecular weight excluding hydrogens is 280 g/mol. The van der Waals surface area contributed by atoms with Gasteiger partial charge in [0.2, 0.25) is 0 Å². The van der Waals surface area contributed by atoms with E-state index in [1.165, 1.54) is 30.6 Å². The van der Waals surface area contributed by atoms with E-state index in [2.05, 4.69) is 43.3 Å². The first-order valence-electron chi connectivity index (χ1n) is 8.03. The van der Waals surface area contributed by atoms with E-state index in [-0.39, 0.29) is 0 Å². The summed E-state index contributed by atoms with van der Waals surface area (Å²) < 4.78 is 0. The average molecular weight is 308 g/mol. The van der Waals surface area contributed by atoms with Crippen LogP contribution in [0.1, 0.15) is 55.1 Å². The number of nitrogens with zero attached hydrogens (tertiary/aromatic N) is 2. The minimum atomic E-state index is 0.507. The number of hydrogen-bond donors (Lipinski definition) is 2. The van der Waals surface area contributed by atoms with E-state index in [9.17, 15) is 0 Å². The Bertz CT molecular complexity index is 483. The van der Waals surface area contributed by atoms with Crippen LogP contribution in [0.4, 0.5) is 0 Å². The Morgan fingerprint density at radius 2 is 2.05 bits per heavy atom. The van der Waals surface area contributed by atoms with E-state index in [1.807, 2.05) is 0 Å². The Labute approximate surface area is 132 Å². The maximum Gasteiger partial charge on any atom is 0.191 e. The van der Waals surface area contributed by atoms with E-state index in [0.717, 1.165) is 29.8 Å². The van der Waals surface area contributed by atoms with Crippen molar-refractivity contribution in [2.24, 2.45) is 10.4 Å². The highest BCUT2D eigenvalue weighted by Gasteiger charge is 2.34. The van der Waals surface area contributed by atoms with Crippen molar-refractivity contribution in [3.05, 3.63) is 15.6 Å². The van der Waals surface area contributed by atoms with Crippen LogP contribution < -0.4 is 10.6 Å². The summed E-state index contributed by atoms with van der Waals surface area (Å²) in [6.07, 6.45) is 5.33. The van der Waals surface area contributed by atoms with Gasteiger partial charge in [-0.3, -0.25) is 0 Å². The normalized spacial score (nSPS) is 17.4. The summed E-state index contributed by atoms with van der Waals surface area (Å²) >= 11 is 1.74. The summed E-state index contributed by atoms with van der Waals surface area (Å²) in [7, 11) is 0. The van der Waals surface area contributed by atoms with E-state index in [1.54, 1.807) is 11.3 Å². The lowest BCUT2D eigenvalue weighted by atomic mass is 9.67. The van der Waals surface area contributed by atoms with Gasteiger partial charge >= 0.3 is 0 Å². The van der Waals surface area contributed by atoms with Crippen molar-refractivity contribution < 1.29 is 0 Å². The maximum absolute atomic E-state index is 4.72. The van der Waals surface area contributed by atoms with Gasteiger partial charge in [0.1, 0.15) is 0 Å². The molecule has 1 heterocycles. The molecule has 1 aliphatic rings. The van der Waals surface area contributed by atoms with Crippen LogP contribution in [0, 0.1) is 19.3 Å². The molecule has 0 bridgehead atoms. The maximum atomic E-state index is 4.72. The standard InChI is InChI=1S/C16H28N4S/c1-5-16(8-7-9-16)11-19-15(17-6-2)18-10-14-12(3)20-13(4)21-14/h5-11H2,1-4H3,(H2,17,18,19). The minimum Gasteiger partial charge on any atom is -0.357 e. The van der Waals surface area contributed by atoms with Crippen LogP contribution in [-0.4, -0.2) is 24.0 Å². The van der Waals surface area contributed by atoms with Gasteiger partial charge in [-0.05, 0) is 45.4 Å². The molecule has 2 N–H and O–H groups in total. The van der Waals surface area contributed by atoms with Crippen LogP contribution in [0.3, 0.4) is 0 Å². The Morgan fingerprint density at radius 3 is 2.52 bits per heavy atom. The molecule has 1 fully saturated rings. The SMILES string of the molecule is CCNC(=NCc1sc(C)nc1C)NCC1(CC)CCC1. The molecule has 1 aliphatic carbocycles. The zero-order valence-electron chi connectivity index (χ0n) is 13.8. The number of aryl methyl sites for hydroxylation is 2. The lowest BCUT2D eigenvalue weighted by Gasteiger charge is -2.41. The topological polar surface area (TPSA) is 49.3 Å². The van der Waals surface area contributed by atoms with Crippen molar-refractivity contribution in [3.63, 3.8) is 0 Å². The Balaban J connectivity index is 1.94. The highest BCUT2D eigenvalue weighted by Crippen LogP contribution is 2.42. The average Bonchev–Trinajstić information content (AvgIpc) is 2.73. The molecular formula is C16H28N4S. The van der Waals surface area contributed by atoms with Crippen LogP contribution in [0.2, 0.25) is 0 Å². The van der Waals surface area contributed by atoms with Gasteiger partial charge in [-0.25, -0.2) is 9.98 Å². The predicted molar refractivity (Wildman–Crippen MR) is 91.0 cm³/mol. The first-order chi connectivity index (χ1) is 10.1. The van der Waals surface area contributed by atoms with Gasteiger partial charge < -0.3 is 10.6 Å². The van der Waals surface area contributed by atoms with Gasteiger partial charge in [-0.15, -0.1) is 11.3 Å². The molecule has 0 unspecified atom stereocenters. The van der Waals surface area contributed by atoms with Gasteiger partial charge in [0.15, 0.2) is 5.96 Å². The van der Waals surface area contributed by atoms with Crippen LogP contribution in [0.5, 0.6) is 0 Å². The molecule has 5 heteroatoms. The number of nitrogens with one attached hydrogen (secondary N) is 2. The second kappa shape index (κ2) is 7.25. The number of aromatic nitrogens is 1. The molecule has 21 heavy (non-hydrogen) atoms. The first-order valence-corrected chi connectivity index (χ1v) is 8.85. The number of thiazole rings is 1. The fraction of sp³-hybridized carbons (Fsp3) is 0.750. The lowest BCUT2D eigenvalue weighted by molar-refractivity contribution is 0.131. The third-order valence-electron chi connectivity index (χ3n) is 4.52. The summed E-state index contributed by atoms with van der Waals surface area (Å²) in [5.74, 6) is 0.933. The van der Waals surface area contributed by atoms with Crippen LogP contribution in [0.25, 0.3) is 0 Å². The zero-order chi connectivity index (χ0) is 15.3. The Hall–Kier alpha value is -1.10. The van der Waals surface area contributed by atoms with Crippen molar-refractivity contribution in [1.82, 2.24) is 15.6 Å². The molecule has 0 saturated heterocycles. The van der Waals surface area contributed by atoms with Gasteiger partial charge in [0.05, 0.1) is 17.2 Å². The Morgan fingerprint density at radius 1 is 1.29 bits per heavy atom. The van der Waals surface area contributed by atoms with Gasteiger partial charge in [-0.1, -0.05) is 13.3 Å². The molecule has 4 nitrogen and oxygen atoms in total. The molecule has 0 spiro atoms. The predicted octanol–water partition coefficient (Wildman–Crippen LogP) is 3.40. The zero-order valence-corrected chi connectivity index (χ0v) is 14.6. The molecule has 0 atom stereocenters. The third-order valence-corrected chi connectivity index (χ3v) is 5.58. The van der Waals surface area contributed by atoms with Crippen molar-refractivity contribution in [3.8, 4) is 0 Å². The highest BCUT2D eigenvalue weighted by atomic mass is 32.1.